The summed E-state index contributed by atoms with van der Waals surface area (Å²) < 4.78 is 36.7. The Kier molecular flexibility index (Phi) is 15.4. The highest BCUT2D eigenvalue weighted by molar-refractivity contribution is 6.54. The van der Waals surface area contributed by atoms with Gasteiger partial charge in [0.25, 0.3) is 5.91 Å². The summed E-state index contributed by atoms with van der Waals surface area (Å²) in [6.07, 6.45) is -2.51. The highest BCUT2D eigenvalue weighted by Crippen LogP contribution is 2.41. The third-order valence-corrected chi connectivity index (χ3v) is 7.31. The Morgan fingerprint density at radius 3 is 1.72 bits per heavy atom. The van der Waals surface area contributed by atoms with Gasteiger partial charge in [-0.1, -0.05) is 110 Å². The molecule has 0 aliphatic carbocycles. The highest BCUT2D eigenvalue weighted by Gasteiger charge is 2.30. The molecule has 0 aliphatic rings. The second-order valence-corrected chi connectivity index (χ2v) is 11.7. The first-order chi connectivity index (χ1) is 21.6. The maximum atomic E-state index is 12.4. The molecule has 0 fully saturated rings. The van der Waals surface area contributed by atoms with Crippen LogP contribution >= 0.6 is 46.4 Å². The van der Waals surface area contributed by atoms with E-state index in [1.54, 1.807) is 20.8 Å². The van der Waals surface area contributed by atoms with E-state index in [1.807, 2.05) is 30.3 Å². The number of nitrogens with one attached hydrogen (secondary N) is 1. The van der Waals surface area contributed by atoms with Crippen molar-refractivity contribution in [3.05, 3.63) is 109 Å². The first-order valence-corrected chi connectivity index (χ1v) is 14.4. The van der Waals surface area contributed by atoms with Gasteiger partial charge in [-0.25, -0.2) is 14.4 Å². The molecule has 3 aromatic carbocycles. The lowest BCUT2D eigenvalue weighted by atomic mass is 9.91. The average molecular weight is 739 g/mol. The standard InChI is InChI=1S/C15H9Cl4NO3.C10H7F3O2.C6H10O3/c16-10-8(9(15(22)23)11(17)13(19)12(10)18)14(21)20-6-7-4-2-1-3-5-7;11-10(12,13)8-3-1-2-7(6-8)4-5-9(14)15;1-6(2,3)4(7)5(8)9/h1-5H,6H2,(H,20,21)(H,22,23);1-6H,(H,14,15);1-3H3,(H,8,9). The normalized spacial score (nSPS) is 11.0. The smallest absolute Gasteiger partial charge is 0.416 e. The SMILES string of the molecule is CC(C)(C)C(=O)C(=O)O.O=C(O)C=Cc1cccc(C(F)(F)F)c1.O=C(O)c1c(Cl)c(Cl)c(Cl)c(Cl)c1C(=O)NCc1ccccc1. The van der Waals surface area contributed by atoms with Crippen molar-refractivity contribution >= 4 is 82.1 Å². The minimum absolute atomic E-state index is 0.173. The van der Waals surface area contributed by atoms with E-state index in [1.165, 1.54) is 12.1 Å². The van der Waals surface area contributed by atoms with Crippen LogP contribution < -0.4 is 5.32 Å². The third-order valence-electron chi connectivity index (χ3n) is 5.51. The summed E-state index contributed by atoms with van der Waals surface area (Å²) in [6, 6.07) is 13.5. The number of carbonyl (C=O) groups excluding carboxylic acids is 2. The van der Waals surface area contributed by atoms with Gasteiger partial charge >= 0.3 is 24.1 Å². The molecule has 0 saturated heterocycles. The number of alkyl halides is 3. The summed E-state index contributed by atoms with van der Waals surface area (Å²) in [6.45, 7) is 4.91. The lowest BCUT2D eigenvalue weighted by Crippen LogP contribution is -2.27. The zero-order valence-corrected chi connectivity index (χ0v) is 27.6. The number of halogens is 7. The van der Waals surface area contributed by atoms with Crippen molar-refractivity contribution in [1.82, 2.24) is 5.32 Å². The number of aliphatic carboxylic acids is 2. The van der Waals surface area contributed by atoms with Crippen molar-refractivity contribution in [2.75, 3.05) is 0 Å². The number of amides is 1. The number of rotatable bonds is 7. The lowest BCUT2D eigenvalue weighted by Gasteiger charge is -2.14. The monoisotopic (exact) mass is 737 g/mol. The molecule has 3 aromatic rings. The maximum absolute atomic E-state index is 12.4. The molecule has 3 rings (SSSR count). The van der Waals surface area contributed by atoms with E-state index in [0.717, 1.165) is 29.8 Å². The number of hydrogen-bond donors (Lipinski definition) is 4. The molecule has 0 aliphatic heterocycles. The molecular formula is C31H26Cl4F3NO8. The van der Waals surface area contributed by atoms with E-state index < -0.39 is 52.3 Å². The van der Waals surface area contributed by atoms with Crippen LogP contribution in [0.3, 0.4) is 0 Å². The molecule has 0 radical (unpaired) electrons. The van der Waals surface area contributed by atoms with Crippen LogP contribution in [0.15, 0.2) is 60.7 Å². The van der Waals surface area contributed by atoms with Gasteiger partial charge in [-0.15, -0.1) is 0 Å². The Morgan fingerprint density at radius 2 is 1.30 bits per heavy atom. The van der Waals surface area contributed by atoms with Gasteiger partial charge in [0.2, 0.25) is 5.78 Å². The Morgan fingerprint density at radius 1 is 0.766 bits per heavy atom. The summed E-state index contributed by atoms with van der Waals surface area (Å²) in [4.78, 5) is 54.5. The fourth-order valence-corrected chi connectivity index (χ4v) is 4.24. The average Bonchev–Trinajstić information content (AvgIpc) is 2.99. The van der Waals surface area contributed by atoms with Gasteiger partial charge in [0.05, 0.1) is 36.8 Å². The summed E-state index contributed by atoms with van der Waals surface area (Å²) in [7, 11) is 0. The molecule has 0 heterocycles. The van der Waals surface area contributed by atoms with Gasteiger partial charge < -0.3 is 20.6 Å². The highest BCUT2D eigenvalue weighted by atomic mass is 35.5. The van der Waals surface area contributed by atoms with Gasteiger partial charge in [-0.2, -0.15) is 13.2 Å². The van der Waals surface area contributed by atoms with Crippen molar-refractivity contribution in [3.8, 4) is 0 Å². The summed E-state index contributed by atoms with van der Waals surface area (Å²) in [5.74, 6) is -5.45. The minimum atomic E-state index is -4.41. The number of carboxylic acids is 3. The Labute approximate surface area is 286 Å². The summed E-state index contributed by atoms with van der Waals surface area (Å²) >= 11 is 23.6. The van der Waals surface area contributed by atoms with Crippen LogP contribution in [0.5, 0.6) is 0 Å². The number of benzene rings is 3. The lowest BCUT2D eigenvalue weighted by molar-refractivity contribution is -0.152. The molecule has 0 bridgehead atoms. The zero-order valence-electron chi connectivity index (χ0n) is 24.6. The molecule has 0 spiro atoms. The fraction of sp³-hybridized carbons (Fsp3) is 0.194. The molecule has 0 unspecified atom stereocenters. The molecule has 47 heavy (non-hydrogen) atoms. The number of ketones is 1. The first-order valence-electron chi connectivity index (χ1n) is 12.9. The Balaban J connectivity index is 0.000000395. The number of Topliss-reactive ketones (excluding diaryl/α,β-unsaturated/α-hetero) is 1. The summed E-state index contributed by atoms with van der Waals surface area (Å²) in [5, 5.41) is 27.4. The molecule has 4 N–H and O–H groups in total. The quantitative estimate of drug-likeness (QED) is 0.0814. The molecule has 0 aromatic heterocycles. The Bertz CT molecular complexity index is 1670. The number of carbonyl (C=O) groups is 5. The van der Waals surface area contributed by atoms with E-state index in [9.17, 15) is 42.3 Å². The number of aromatic carboxylic acids is 1. The topological polar surface area (TPSA) is 158 Å². The second kappa shape index (κ2) is 17.7. The van der Waals surface area contributed by atoms with Crippen molar-refractivity contribution in [2.24, 2.45) is 5.41 Å². The van der Waals surface area contributed by atoms with E-state index in [4.69, 9.17) is 56.6 Å². The van der Waals surface area contributed by atoms with Crippen LogP contribution in [-0.4, -0.2) is 44.9 Å². The van der Waals surface area contributed by atoms with E-state index in [2.05, 4.69) is 5.32 Å². The molecule has 0 atom stereocenters. The second-order valence-electron chi connectivity index (χ2n) is 10.2. The molecule has 1 amide bonds. The minimum Gasteiger partial charge on any atom is -0.478 e. The predicted octanol–water partition coefficient (Wildman–Crippen LogP) is 8.42. The molecule has 252 valence electrons. The molecule has 0 saturated carbocycles. The van der Waals surface area contributed by atoms with Crippen molar-refractivity contribution in [3.63, 3.8) is 0 Å². The van der Waals surface area contributed by atoms with Gasteiger partial charge in [0, 0.05) is 18.0 Å². The van der Waals surface area contributed by atoms with Crippen LogP contribution in [0.2, 0.25) is 20.1 Å². The van der Waals surface area contributed by atoms with Crippen LogP contribution in [0, 0.1) is 5.41 Å². The Hall–Kier alpha value is -4.10. The van der Waals surface area contributed by atoms with Crippen LogP contribution in [0.4, 0.5) is 13.2 Å². The van der Waals surface area contributed by atoms with Crippen molar-refractivity contribution < 1.29 is 52.5 Å². The number of carboxylic acid groups (broad SMARTS) is 3. The van der Waals surface area contributed by atoms with E-state index in [0.29, 0.717) is 0 Å². The third kappa shape index (κ3) is 12.9. The van der Waals surface area contributed by atoms with Gasteiger partial charge in [0.1, 0.15) is 0 Å². The summed E-state index contributed by atoms with van der Waals surface area (Å²) in [5.41, 5.74) is -1.33. The van der Waals surface area contributed by atoms with E-state index >= 15 is 0 Å². The largest absolute Gasteiger partial charge is 0.478 e. The number of hydrogen-bond acceptors (Lipinski definition) is 5. The van der Waals surface area contributed by atoms with Gasteiger partial charge in [0.15, 0.2) is 0 Å². The molecule has 9 nitrogen and oxygen atoms in total. The zero-order chi connectivity index (χ0) is 36.3. The van der Waals surface area contributed by atoms with Crippen molar-refractivity contribution in [1.29, 1.82) is 0 Å². The predicted molar refractivity (Wildman–Crippen MR) is 171 cm³/mol. The molecular weight excluding hydrogens is 713 g/mol. The van der Waals surface area contributed by atoms with Crippen molar-refractivity contribution in [2.45, 2.75) is 33.5 Å². The van der Waals surface area contributed by atoms with Crippen LogP contribution in [0.25, 0.3) is 6.08 Å². The van der Waals surface area contributed by atoms with Crippen LogP contribution in [-0.2, 0) is 27.1 Å². The molecule has 16 heteroatoms. The first kappa shape index (κ1) is 40.9. The maximum Gasteiger partial charge on any atom is 0.416 e. The van der Waals surface area contributed by atoms with E-state index in [-0.39, 0.29) is 37.8 Å². The van der Waals surface area contributed by atoms with Gasteiger partial charge in [-0.3, -0.25) is 9.59 Å². The van der Waals surface area contributed by atoms with Crippen LogP contribution in [0.1, 0.15) is 58.2 Å². The fourth-order valence-electron chi connectivity index (χ4n) is 3.22. The van der Waals surface area contributed by atoms with Gasteiger partial charge in [-0.05, 0) is 29.3 Å².